The molecular weight excluding hydrogens is 428 g/mol. The van der Waals surface area contributed by atoms with E-state index in [9.17, 15) is 0 Å². The predicted octanol–water partition coefficient (Wildman–Crippen LogP) is 4.21. The SMILES string of the molecule is c1cc(C2=NCCN2)ccc1OCOc1ccc(-c2cc3ccc(C4=NCCN4)cc3o2)cc1. The molecule has 3 aromatic carbocycles. The van der Waals surface area contributed by atoms with Crippen LogP contribution in [0.5, 0.6) is 11.5 Å². The van der Waals surface area contributed by atoms with E-state index in [1.165, 1.54) is 0 Å². The molecule has 4 aromatic rings. The zero-order chi connectivity index (χ0) is 22.7. The number of hydrogen-bond donors (Lipinski definition) is 2. The van der Waals surface area contributed by atoms with E-state index >= 15 is 0 Å². The lowest BCUT2D eigenvalue weighted by Crippen LogP contribution is -2.19. The Labute approximate surface area is 197 Å². The van der Waals surface area contributed by atoms with Crippen LogP contribution in [0.2, 0.25) is 0 Å². The van der Waals surface area contributed by atoms with Crippen LogP contribution in [-0.4, -0.2) is 44.6 Å². The largest absolute Gasteiger partial charge is 0.458 e. The average molecular weight is 453 g/mol. The molecule has 0 bridgehead atoms. The van der Waals surface area contributed by atoms with Crippen LogP contribution in [0.15, 0.2) is 87.2 Å². The number of nitrogens with one attached hydrogen (secondary N) is 2. The van der Waals surface area contributed by atoms with Crippen molar-refractivity contribution < 1.29 is 13.9 Å². The fourth-order valence-electron chi connectivity index (χ4n) is 4.09. The summed E-state index contributed by atoms with van der Waals surface area (Å²) in [5, 5.41) is 7.63. The van der Waals surface area contributed by atoms with E-state index in [4.69, 9.17) is 13.9 Å². The first kappa shape index (κ1) is 20.4. The number of benzene rings is 3. The Kier molecular flexibility index (Phi) is 5.35. The van der Waals surface area contributed by atoms with Gasteiger partial charge in [-0.1, -0.05) is 12.1 Å². The predicted molar refractivity (Wildman–Crippen MR) is 133 cm³/mol. The average Bonchev–Trinajstić information content (AvgIpc) is 3.66. The van der Waals surface area contributed by atoms with Gasteiger partial charge in [0.2, 0.25) is 6.79 Å². The van der Waals surface area contributed by atoms with Gasteiger partial charge in [-0.05, 0) is 60.7 Å². The molecule has 7 heteroatoms. The highest BCUT2D eigenvalue weighted by molar-refractivity contribution is 6.02. The Bertz CT molecular complexity index is 1370. The van der Waals surface area contributed by atoms with Gasteiger partial charge >= 0.3 is 0 Å². The van der Waals surface area contributed by atoms with Gasteiger partial charge in [0, 0.05) is 35.2 Å². The van der Waals surface area contributed by atoms with Crippen molar-refractivity contribution in [2.45, 2.75) is 0 Å². The Hall–Kier alpha value is -4.26. The number of aliphatic imine (C=N–C) groups is 2. The molecule has 3 heterocycles. The third-order valence-corrected chi connectivity index (χ3v) is 5.86. The molecule has 0 atom stereocenters. The first-order valence-corrected chi connectivity index (χ1v) is 11.4. The molecule has 170 valence electrons. The fraction of sp³-hybridized carbons (Fsp3) is 0.185. The van der Waals surface area contributed by atoms with Crippen molar-refractivity contribution in [3.63, 3.8) is 0 Å². The minimum absolute atomic E-state index is 0.128. The van der Waals surface area contributed by atoms with Gasteiger partial charge in [0.05, 0.1) is 13.1 Å². The molecule has 0 saturated heterocycles. The van der Waals surface area contributed by atoms with E-state index in [0.29, 0.717) is 0 Å². The van der Waals surface area contributed by atoms with Gasteiger partial charge in [0.15, 0.2) is 0 Å². The number of fused-ring (bicyclic) bond motifs is 1. The zero-order valence-corrected chi connectivity index (χ0v) is 18.6. The van der Waals surface area contributed by atoms with Crippen LogP contribution in [-0.2, 0) is 0 Å². The van der Waals surface area contributed by atoms with E-state index in [-0.39, 0.29) is 6.79 Å². The van der Waals surface area contributed by atoms with Gasteiger partial charge in [-0.15, -0.1) is 0 Å². The first-order chi connectivity index (χ1) is 16.8. The summed E-state index contributed by atoms with van der Waals surface area (Å²) < 4.78 is 17.6. The molecule has 0 spiro atoms. The normalized spacial score (nSPS) is 14.9. The van der Waals surface area contributed by atoms with Gasteiger partial charge < -0.3 is 24.5 Å². The number of amidine groups is 2. The van der Waals surface area contributed by atoms with Crippen LogP contribution >= 0.6 is 0 Å². The monoisotopic (exact) mass is 452 g/mol. The van der Waals surface area contributed by atoms with Crippen LogP contribution in [0.4, 0.5) is 0 Å². The zero-order valence-electron chi connectivity index (χ0n) is 18.6. The van der Waals surface area contributed by atoms with Gasteiger partial charge in [-0.25, -0.2) is 0 Å². The van der Waals surface area contributed by atoms with Gasteiger partial charge in [-0.3, -0.25) is 9.98 Å². The van der Waals surface area contributed by atoms with E-state index < -0.39 is 0 Å². The number of ether oxygens (including phenoxy) is 2. The first-order valence-electron chi connectivity index (χ1n) is 11.4. The molecule has 6 rings (SSSR count). The second-order valence-corrected chi connectivity index (χ2v) is 8.13. The fourth-order valence-corrected chi connectivity index (χ4v) is 4.09. The summed E-state index contributed by atoms with van der Waals surface area (Å²) in [5.41, 5.74) is 3.95. The van der Waals surface area contributed by atoms with Crippen molar-refractivity contribution in [2.24, 2.45) is 9.98 Å². The quantitative estimate of drug-likeness (QED) is 0.411. The minimum atomic E-state index is 0.128. The summed E-state index contributed by atoms with van der Waals surface area (Å²) in [6.45, 7) is 3.55. The number of rotatable bonds is 7. The lowest BCUT2D eigenvalue weighted by atomic mass is 10.1. The maximum absolute atomic E-state index is 6.12. The summed E-state index contributed by atoms with van der Waals surface area (Å²) in [7, 11) is 0. The highest BCUT2D eigenvalue weighted by Gasteiger charge is 2.12. The van der Waals surface area contributed by atoms with E-state index in [0.717, 1.165) is 82.8 Å². The second kappa shape index (κ2) is 8.94. The van der Waals surface area contributed by atoms with E-state index in [1.807, 2.05) is 54.6 Å². The van der Waals surface area contributed by atoms with Crippen LogP contribution in [0.25, 0.3) is 22.3 Å². The summed E-state index contributed by atoms with van der Waals surface area (Å²) in [5.74, 6) is 4.17. The van der Waals surface area contributed by atoms with Crippen LogP contribution in [0.3, 0.4) is 0 Å². The second-order valence-electron chi connectivity index (χ2n) is 8.13. The van der Waals surface area contributed by atoms with Crippen LogP contribution in [0, 0.1) is 0 Å². The molecular formula is C27H24N4O3. The lowest BCUT2D eigenvalue weighted by Gasteiger charge is -2.09. The number of furan rings is 1. The van der Waals surface area contributed by atoms with Gasteiger partial charge in [0.25, 0.3) is 0 Å². The molecule has 0 aliphatic carbocycles. The molecule has 0 saturated carbocycles. The third-order valence-electron chi connectivity index (χ3n) is 5.86. The Morgan fingerprint density at radius 1 is 0.676 bits per heavy atom. The summed E-state index contributed by atoms with van der Waals surface area (Å²) in [4.78, 5) is 8.91. The molecule has 2 N–H and O–H groups in total. The van der Waals surface area contributed by atoms with Crippen molar-refractivity contribution in [3.8, 4) is 22.8 Å². The maximum atomic E-state index is 6.12. The Balaban J connectivity index is 1.08. The Morgan fingerprint density at radius 2 is 1.26 bits per heavy atom. The molecule has 0 amide bonds. The smallest absolute Gasteiger partial charge is 0.230 e. The van der Waals surface area contributed by atoms with Crippen LogP contribution < -0.4 is 20.1 Å². The lowest BCUT2D eigenvalue weighted by molar-refractivity contribution is 0.120. The Morgan fingerprint density at radius 3 is 1.88 bits per heavy atom. The summed E-state index contributed by atoms with van der Waals surface area (Å²) in [6, 6.07) is 23.9. The maximum Gasteiger partial charge on any atom is 0.230 e. The van der Waals surface area contributed by atoms with Crippen molar-refractivity contribution in [3.05, 3.63) is 83.9 Å². The third kappa shape index (κ3) is 4.20. The molecule has 2 aliphatic heterocycles. The molecule has 0 radical (unpaired) electrons. The standard InChI is InChI=1S/C27H24N4O3/c1-2-21(27-30-13-14-31-27)16-25-20(1)15-24(34-25)18-3-7-22(8-4-18)32-17-33-23-9-5-19(6-10-23)26-28-11-12-29-26/h1-10,15-16H,11-14,17H2,(H,28,29)(H,30,31). The highest BCUT2D eigenvalue weighted by Crippen LogP contribution is 2.30. The van der Waals surface area contributed by atoms with Gasteiger partial charge in [-0.2, -0.15) is 0 Å². The van der Waals surface area contributed by atoms with Crippen molar-refractivity contribution in [1.82, 2.24) is 10.6 Å². The summed E-state index contributed by atoms with van der Waals surface area (Å²) >= 11 is 0. The molecule has 7 nitrogen and oxygen atoms in total. The summed E-state index contributed by atoms with van der Waals surface area (Å²) in [6.07, 6.45) is 0. The topological polar surface area (TPSA) is 80.4 Å². The molecule has 1 aromatic heterocycles. The van der Waals surface area contributed by atoms with E-state index in [1.54, 1.807) is 0 Å². The minimum Gasteiger partial charge on any atom is -0.458 e. The van der Waals surface area contributed by atoms with Crippen molar-refractivity contribution in [2.75, 3.05) is 33.0 Å². The number of hydrogen-bond acceptors (Lipinski definition) is 7. The molecule has 2 aliphatic rings. The van der Waals surface area contributed by atoms with Crippen molar-refractivity contribution in [1.29, 1.82) is 0 Å². The molecule has 0 unspecified atom stereocenters. The molecule has 34 heavy (non-hydrogen) atoms. The van der Waals surface area contributed by atoms with Crippen molar-refractivity contribution >= 4 is 22.6 Å². The van der Waals surface area contributed by atoms with Crippen LogP contribution in [0.1, 0.15) is 11.1 Å². The highest BCUT2D eigenvalue weighted by atomic mass is 16.7. The van der Waals surface area contributed by atoms with Gasteiger partial charge in [0.1, 0.15) is 34.5 Å². The molecule has 0 fully saturated rings. The number of nitrogens with zero attached hydrogens (tertiary/aromatic N) is 2. The van der Waals surface area contributed by atoms with E-state index in [2.05, 4.69) is 38.8 Å².